The second-order valence-corrected chi connectivity index (χ2v) is 7.05. The second kappa shape index (κ2) is 7.07. The largest absolute Gasteiger partial charge is 0.381 e. The van der Waals surface area contributed by atoms with E-state index in [2.05, 4.69) is 15.5 Å². The minimum absolute atomic E-state index is 0.197. The zero-order chi connectivity index (χ0) is 14.5. The maximum absolute atomic E-state index is 12.2. The Bertz CT molecular complexity index is 344. The van der Waals surface area contributed by atoms with E-state index < -0.39 is 0 Å². The fourth-order valence-electron chi connectivity index (χ4n) is 4.14. The van der Waals surface area contributed by atoms with Crippen molar-refractivity contribution in [3.63, 3.8) is 0 Å². The van der Waals surface area contributed by atoms with Crippen molar-refractivity contribution in [2.24, 2.45) is 5.41 Å². The zero-order valence-corrected chi connectivity index (χ0v) is 13.0. The van der Waals surface area contributed by atoms with Gasteiger partial charge in [-0.25, -0.2) is 0 Å². The number of carbonyl (C=O) groups excluding carboxylic acids is 1. The molecular formula is C16H29N3O2. The van der Waals surface area contributed by atoms with Crippen molar-refractivity contribution in [2.75, 3.05) is 45.9 Å². The van der Waals surface area contributed by atoms with Gasteiger partial charge < -0.3 is 15.4 Å². The van der Waals surface area contributed by atoms with Crippen LogP contribution in [-0.4, -0.2) is 62.8 Å². The number of ether oxygens (including phenoxy) is 1. The van der Waals surface area contributed by atoms with Crippen molar-refractivity contribution >= 4 is 5.91 Å². The molecule has 3 aliphatic rings. The number of hydrogen-bond acceptors (Lipinski definition) is 4. The third-order valence-electron chi connectivity index (χ3n) is 5.25. The van der Waals surface area contributed by atoms with E-state index in [1.165, 1.54) is 25.7 Å². The fourth-order valence-corrected chi connectivity index (χ4v) is 4.14. The number of hydrogen-bond donors (Lipinski definition) is 2. The molecule has 1 atom stereocenters. The van der Waals surface area contributed by atoms with Crippen molar-refractivity contribution in [1.82, 2.24) is 15.5 Å². The summed E-state index contributed by atoms with van der Waals surface area (Å²) in [6.07, 6.45) is 7.06. The van der Waals surface area contributed by atoms with Crippen LogP contribution in [0.4, 0.5) is 0 Å². The van der Waals surface area contributed by atoms with Crippen LogP contribution in [0, 0.1) is 5.41 Å². The Hall–Kier alpha value is -0.650. The molecule has 0 radical (unpaired) electrons. The Morgan fingerprint density at radius 1 is 1.29 bits per heavy atom. The minimum atomic E-state index is 0.197. The van der Waals surface area contributed by atoms with E-state index in [0.29, 0.717) is 18.0 Å². The van der Waals surface area contributed by atoms with Crippen molar-refractivity contribution in [3.8, 4) is 0 Å². The van der Waals surface area contributed by atoms with E-state index in [9.17, 15) is 4.79 Å². The molecule has 5 heteroatoms. The van der Waals surface area contributed by atoms with Crippen LogP contribution in [0.2, 0.25) is 0 Å². The molecule has 3 rings (SSSR count). The van der Waals surface area contributed by atoms with Gasteiger partial charge in [0.1, 0.15) is 0 Å². The summed E-state index contributed by atoms with van der Waals surface area (Å²) in [7, 11) is 0. The summed E-state index contributed by atoms with van der Waals surface area (Å²) in [6, 6.07) is 0.321. The molecule has 0 aliphatic carbocycles. The van der Waals surface area contributed by atoms with Gasteiger partial charge in [0.05, 0.1) is 6.54 Å². The molecule has 3 saturated heterocycles. The van der Waals surface area contributed by atoms with Crippen LogP contribution in [0.1, 0.15) is 38.5 Å². The highest BCUT2D eigenvalue weighted by atomic mass is 16.5. The van der Waals surface area contributed by atoms with Gasteiger partial charge in [-0.2, -0.15) is 0 Å². The predicted octanol–water partition coefficient (Wildman–Crippen LogP) is 0.747. The first-order chi connectivity index (χ1) is 10.3. The smallest absolute Gasteiger partial charge is 0.234 e. The van der Waals surface area contributed by atoms with Gasteiger partial charge in [-0.15, -0.1) is 0 Å². The average molecular weight is 295 g/mol. The molecular weight excluding hydrogens is 266 g/mol. The summed E-state index contributed by atoms with van der Waals surface area (Å²) >= 11 is 0. The summed E-state index contributed by atoms with van der Waals surface area (Å²) in [5.74, 6) is 0.197. The molecule has 0 aromatic carbocycles. The average Bonchev–Trinajstić information content (AvgIpc) is 2.49. The first-order valence-electron chi connectivity index (χ1n) is 8.56. The SMILES string of the molecule is O=C(CN1CCCC2(CCCNC2)C1)NC1CCOCC1. The van der Waals surface area contributed by atoms with Gasteiger partial charge in [0.2, 0.25) is 5.91 Å². The lowest BCUT2D eigenvalue weighted by Crippen LogP contribution is -2.53. The lowest BCUT2D eigenvalue weighted by atomic mass is 9.74. The standard InChI is InChI=1S/C16H29N3O2/c20-15(18-14-3-9-21-10-4-14)11-19-8-2-6-16(13-19)5-1-7-17-12-16/h14,17H,1-13H2,(H,18,20). The summed E-state index contributed by atoms with van der Waals surface area (Å²) in [6.45, 7) is 6.58. The van der Waals surface area contributed by atoms with E-state index >= 15 is 0 Å². The third kappa shape index (κ3) is 4.18. The zero-order valence-electron chi connectivity index (χ0n) is 13.0. The van der Waals surface area contributed by atoms with Crippen molar-refractivity contribution in [2.45, 2.75) is 44.6 Å². The number of likely N-dealkylation sites (tertiary alicyclic amines) is 1. The highest BCUT2D eigenvalue weighted by molar-refractivity contribution is 5.78. The van der Waals surface area contributed by atoms with E-state index in [-0.39, 0.29) is 5.91 Å². The molecule has 1 amide bonds. The number of piperidine rings is 2. The predicted molar refractivity (Wildman–Crippen MR) is 82.2 cm³/mol. The topological polar surface area (TPSA) is 53.6 Å². The maximum atomic E-state index is 12.2. The molecule has 0 saturated carbocycles. The molecule has 3 aliphatic heterocycles. The summed E-state index contributed by atoms with van der Waals surface area (Å²) < 4.78 is 5.34. The molecule has 1 spiro atoms. The second-order valence-electron chi connectivity index (χ2n) is 7.05. The molecule has 5 nitrogen and oxygen atoms in total. The first kappa shape index (κ1) is 15.3. The van der Waals surface area contributed by atoms with Crippen LogP contribution in [0.25, 0.3) is 0 Å². The monoisotopic (exact) mass is 295 g/mol. The molecule has 120 valence electrons. The lowest BCUT2D eigenvalue weighted by molar-refractivity contribution is -0.124. The van der Waals surface area contributed by atoms with Crippen LogP contribution in [0.3, 0.4) is 0 Å². The van der Waals surface area contributed by atoms with Crippen LogP contribution in [0.5, 0.6) is 0 Å². The molecule has 0 aromatic heterocycles. The highest BCUT2D eigenvalue weighted by Crippen LogP contribution is 2.35. The van der Waals surface area contributed by atoms with E-state index in [0.717, 1.165) is 52.2 Å². The molecule has 0 aromatic rings. The normalized spacial score (nSPS) is 32.2. The van der Waals surface area contributed by atoms with Crippen molar-refractivity contribution in [1.29, 1.82) is 0 Å². The quantitative estimate of drug-likeness (QED) is 0.807. The van der Waals surface area contributed by atoms with Crippen molar-refractivity contribution in [3.05, 3.63) is 0 Å². The van der Waals surface area contributed by atoms with Crippen LogP contribution >= 0.6 is 0 Å². The lowest BCUT2D eigenvalue weighted by Gasteiger charge is -2.45. The van der Waals surface area contributed by atoms with Crippen LogP contribution < -0.4 is 10.6 Å². The summed E-state index contributed by atoms with van der Waals surface area (Å²) in [5, 5.41) is 6.73. The molecule has 3 heterocycles. The van der Waals surface area contributed by atoms with Gasteiger partial charge >= 0.3 is 0 Å². The fraction of sp³-hybridized carbons (Fsp3) is 0.938. The van der Waals surface area contributed by atoms with Gasteiger partial charge in [-0.3, -0.25) is 9.69 Å². The van der Waals surface area contributed by atoms with E-state index in [4.69, 9.17) is 4.74 Å². The van der Waals surface area contributed by atoms with Gasteiger partial charge in [0.25, 0.3) is 0 Å². The van der Waals surface area contributed by atoms with E-state index in [1.54, 1.807) is 0 Å². The molecule has 2 N–H and O–H groups in total. The molecule has 3 fully saturated rings. The Morgan fingerprint density at radius 2 is 2.10 bits per heavy atom. The maximum Gasteiger partial charge on any atom is 0.234 e. The summed E-state index contributed by atoms with van der Waals surface area (Å²) in [4.78, 5) is 14.6. The van der Waals surface area contributed by atoms with Gasteiger partial charge in [0.15, 0.2) is 0 Å². The number of nitrogens with zero attached hydrogens (tertiary/aromatic N) is 1. The number of nitrogens with one attached hydrogen (secondary N) is 2. The van der Waals surface area contributed by atoms with Gasteiger partial charge in [-0.1, -0.05) is 0 Å². The van der Waals surface area contributed by atoms with E-state index in [1.807, 2.05) is 0 Å². The first-order valence-corrected chi connectivity index (χ1v) is 8.56. The Labute approximate surface area is 127 Å². The van der Waals surface area contributed by atoms with Crippen molar-refractivity contribution < 1.29 is 9.53 Å². The molecule has 0 bridgehead atoms. The van der Waals surface area contributed by atoms with Gasteiger partial charge in [0, 0.05) is 32.3 Å². The highest BCUT2D eigenvalue weighted by Gasteiger charge is 2.36. The Kier molecular flexibility index (Phi) is 5.14. The van der Waals surface area contributed by atoms with Gasteiger partial charge in [-0.05, 0) is 57.0 Å². The third-order valence-corrected chi connectivity index (χ3v) is 5.25. The molecule has 21 heavy (non-hydrogen) atoms. The number of rotatable bonds is 3. The number of carbonyl (C=O) groups is 1. The van der Waals surface area contributed by atoms with Crippen LogP contribution in [0.15, 0.2) is 0 Å². The minimum Gasteiger partial charge on any atom is -0.381 e. The Balaban J connectivity index is 1.46. The summed E-state index contributed by atoms with van der Waals surface area (Å²) in [5.41, 5.74) is 0.426. The Morgan fingerprint density at radius 3 is 2.86 bits per heavy atom. The molecule has 1 unspecified atom stereocenters. The van der Waals surface area contributed by atoms with Crippen LogP contribution in [-0.2, 0) is 9.53 Å². The number of amides is 1.